The van der Waals surface area contributed by atoms with Crippen LogP contribution in [-0.2, 0) is 4.79 Å². The molecule has 0 bridgehead atoms. The number of amides is 2. The highest BCUT2D eigenvalue weighted by atomic mass is 16.5. The fourth-order valence-electron chi connectivity index (χ4n) is 2.06. The van der Waals surface area contributed by atoms with Crippen LogP contribution in [0.4, 0.5) is 0 Å². The Hall–Kier alpha value is -1.68. The van der Waals surface area contributed by atoms with Gasteiger partial charge in [0, 0.05) is 5.56 Å². The number of hydrogen-bond donors (Lipinski definition) is 1. The second kappa shape index (κ2) is 4.06. The molecule has 1 aliphatic heterocycles. The zero-order chi connectivity index (χ0) is 11.7. The van der Waals surface area contributed by atoms with E-state index in [1.165, 1.54) is 0 Å². The average Bonchev–Trinajstić information content (AvgIpc) is 2.32. The summed E-state index contributed by atoms with van der Waals surface area (Å²) in [6, 6.07) is 6.94. The zero-order valence-electron chi connectivity index (χ0n) is 9.01. The van der Waals surface area contributed by atoms with Crippen LogP contribution in [0.2, 0.25) is 0 Å². The molecule has 16 heavy (non-hydrogen) atoms. The summed E-state index contributed by atoms with van der Waals surface area (Å²) in [7, 11) is 0. The van der Waals surface area contributed by atoms with E-state index in [0.717, 1.165) is 12.0 Å². The van der Waals surface area contributed by atoms with Crippen molar-refractivity contribution >= 4 is 11.8 Å². The number of hydroxylamine groups is 2. The maximum atomic E-state index is 11.7. The number of rotatable bonds is 2. The Bertz CT molecular complexity index is 442. The summed E-state index contributed by atoms with van der Waals surface area (Å²) in [5.41, 5.74) is 1.15. The predicted octanol–water partition coefficient (Wildman–Crippen LogP) is 1.94. The summed E-state index contributed by atoms with van der Waals surface area (Å²) in [6.07, 6.45) is 1.47. The second-order valence-electron chi connectivity index (χ2n) is 3.88. The Balaban J connectivity index is 2.52. The topological polar surface area (TPSA) is 57.6 Å². The highest BCUT2D eigenvalue weighted by Crippen LogP contribution is 2.31. The van der Waals surface area contributed by atoms with Gasteiger partial charge in [-0.2, -0.15) is 5.06 Å². The van der Waals surface area contributed by atoms with Gasteiger partial charge < -0.3 is 0 Å². The molecule has 0 fully saturated rings. The maximum Gasteiger partial charge on any atom is 0.284 e. The SMILES string of the molecule is CCCC1C(=O)N(O)C(=O)c2ccccc21. The molecule has 84 valence electrons. The van der Waals surface area contributed by atoms with E-state index >= 15 is 0 Å². The zero-order valence-corrected chi connectivity index (χ0v) is 9.01. The monoisotopic (exact) mass is 219 g/mol. The van der Waals surface area contributed by atoms with Gasteiger partial charge in [-0.3, -0.25) is 14.8 Å². The molecule has 0 radical (unpaired) electrons. The van der Waals surface area contributed by atoms with Crippen LogP contribution < -0.4 is 0 Å². The van der Waals surface area contributed by atoms with Crippen LogP contribution in [0.5, 0.6) is 0 Å². The maximum absolute atomic E-state index is 11.7. The number of nitrogens with zero attached hydrogens (tertiary/aromatic N) is 1. The Morgan fingerprint density at radius 2 is 2.00 bits per heavy atom. The highest BCUT2D eigenvalue weighted by molar-refractivity contribution is 6.10. The second-order valence-corrected chi connectivity index (χ2v) is 3.88. The lowest BCUT2D eigenvalue weighted by Crippen LogP contribution is -2.42. The highest BCUT2D eigenvalue weighted by Gasteiger charge is 2.37. The summed E-state index contributed by atoms with van der Waals surface area (Å²) in [4.78, 5) is 23.4. The van der Waals surface area contributed by atoms with Gasteiger partial charge in [0.25, 0.3) is 11.8 Å². The number of imide groups is 1. The number of carbonyl (C=O) groups is 2. The van der Waals surface area contributed by atoms with E-state index in [1.807, 2.05) is 6.92 Å². The van der Waals surface area contributed by atoms with E-state index in [1.54, 1.807) is 24.3 Å². The average molecular weight is 219 g/mol. The van der Waals surface area contributed by atoms with Crippen molar-refractivity contribution in [1.82, 2.24) is 5.06 Å². The normalized spacial score (nSPS) is 19.9. The van der Waals surface area contributed by atoms with E-state index in [-0.39, 0.29) is 5.06 Å². The minimum atomic E-state index is -0.632. The van der Waals surface area contributed by atoms with Crippen molar-refractivity contribution in [2.45, 2.75) is 25.7 Å². The molecule has 2 rings (SSSR count). The first-order chi connectivity index (χ1) is 7.66. The third kappa shape index (κ3) is 1.51. The minimum Gasteiger partial charge on any atom is -0.278 e. The van der Waals surface area contributed by atoms with Gasteiger partial charge in [-0.15, -0.1) is 0 Å². The van der Waals surface area contributed by atoms with Crippen LogP contribution in [0, 0.1) is 0 Å². The summed E-state index contributed by atoms with van der Waals surface area (Å²) in [5, 5.41) is 9.66. The number of benzene rings is 1. The first-order valence-electron chi connectivity index (χ1n) is 5.33. The molecule has 2 amide bonds. The smallest absolute Gasteiger partial charge is 0.278 e. The lowest BCUT2D eigenvalue weighted by atomic mass is 9.86. The van der Waals surface area contributed by atoms with Gasteiger partial charge in [-0.1, -0.05) is 31.5 Å². The fourth-order valence-corrected chi connectivity index (χ4v) is 2.06. The van der Waals surface area contributed by atoms with Crippen molar-refractivity contribution < 1.29 is 14.8 Å². The lowest BCUT2D eigenvalue weighted by molar-refractivity contribution is -0.157. The van der Waals surface area contributed by atoms with Crippen molar-refractivity contribution in [3.63, 3.8) is 0 Å². The number of carbonyl (C=O) groups excluding carboxylic acids is 2. The van der Waals surface area contributed by atoms with Crippen molar-refractivity contribution in [2.24, 2.45) is 0 Å². The van der Waals surface area contributed by atoms with E-state index in [9.17, 15) is 14.8 Å². The van der Waals surface area contributed by atoms with Crippen LogP contribution in [0.1, 0.15) is 41.6 Å². The lowest BCUT2D eigenvalue weighted by Gasteiger charge is -2.27. The molecule has 4 nitrogen and oxygen atoms in total. The Kier molecular flexibility index (Phi) is 2.75. The first kappa shape index (κ1) is 10.8. The van der Waals surface area contributed by atoms with E-state index in [2.05, 4.69) is 0 Å². The largest absolute Gasteiger partial charge is 0.284 e. The van der Waals surface area contributed by atoms with Crippen molar-refractivity contribution in [3.8, 4) is 0 Å². The molecule has 1 aromatic carbocycles. The molecular formula is C12H13NO3. The van der Waals surface area contributed by atoms with Gasteiger partial charge >= 0.3 is 0 Å². The van der Waals surface area contributed by atoms with Crippen LogP contribution in [0.3, 0.4) is 0 Å². The van der Waals surface area contributed by atoms with Crippen LogP contribution in [0.15, 0.2) is 24.3 Å². The number of fused-ring (bicyclic) bond motifs is 1. The summed E-state index contributed by atoms with van der Waals surface area (Å²) >= 11 is 0. The first-order valence-corrected chi connectivity index (χ1v) is 5.33. The van der Waals surface area contributed by atoms with Crippen molar-refractivity contribution in [1.29, 1.82) is 0 Å². The summed E-state index contributed by atoms with van der Waals surface area (Å²) in [5.74, 6) is -1.55. The Morgan fingerprint density at radius 3 is 2.69 bits per heavy atom. The molecule has 0 saturated carbocycles. The number of hydrogen-bond acceptors (Lipinski definition) is 3. The summed E-state index contributed by atoms with van der Waals surface area (Å²) in [6.45, 7) is 1.97. The van der Waals surface area contributed by atoms with Gasteiger partial charge in [-0.05, 0) is 18.1 Å². The van der Waals surface area contributed by atoms with Gasteiger partial charge in [0.1, 0.15) is 0 Å². The minimum absolute atomic E-state index is 0.239. The third-order valence-corrected chi connectivity index (χ3v) is 2.84. The van der Waals surface area contributed by atoms with Crippen LogP contribution in [0.25, 0.3) is 0 Å². The van der Waals surface area contributed by atoms with E-state index in [0.29, 0.717) is 12.0 Å². The van der Waals surface area contributed by atoms with Crippen molar-refractivity contribution in [2.75, 3.05) is 0 Å². The van der Waals surface area contributed by atoms with Gasteiger partial charge in [0.2, 0.25) is 0 Å². The van der Waals surface area contributed by atoms with Gasteiger partial charge in [0.15, 0.2) is 0 Å². The Morgan fingerprint density at radius 1 is 1.31 bits per heavy atom. The molecule has 0 saturated heterocycles. The molecule has 1 unspecified atom stereocenters. The van der Waals surface area contributed by atoms with E-state index in [4.69, 9.17) is 0 Å². The molecule has 0 aromatic heterocycles. The molecule has 1 atom stereocenters. The van der Waals surface area contributed by atoms with Gasteiger partial charge in [0.05, 0.1) is 5.92 Å². The third-order valence-electron chi connectivity index (χ3n) is 2.84. The van der Waals surface area contributed by atoms with Crippen LogP contribution in [-0.4, -0.2) is 22.1 Å². The van der Waals surface area contributed by atoms with Crippen LogP contribution >= 0.6 is 0 Å². The molecule has 1 heterocycles. The van der Waals surface area contributed by atoms with Gasteiger partial charge in [-0.25, -0.2) is 0 Å². The standard InChI is InChI=1S/C12H13NO3/c1-2-5-9-8-6-3-4-7-10(8)12(15)13(16)11(9)14/h3-4,6-7,9,16H,2,5H2,1H3. The predicted molar refractivity (Wildman–Crippen MR) is 57.1 cm³/mol. The molecule has 1 aromatic rings. The molecule has 1 aliphatic rings. The molecule has 0 aliphatic carbocycles. The van der Waals surface area contributed by atoms with Crippen molar-refractivity contribution in [3.05, 3.63) is 35.4 Å². The molecule has 0 spiro atoms. The van der Waals surface area contributed by atoms with E-state index < -0.39 is 17.7 Å². The Labute approximate surface area is 93.4 Å². The fraction of sp³-hybridized carbons (Fsp3) is 0.333. The molecular weight excluding hydrogens is 206 g/mol. The molecule has 1 N–H and O–H groups in total. The quantitative estimate of drug-likeness (QED) is 0.611. The summed E-state index contributed by atoms with van der Waals surface area (Å²) < 4.78 is 0. The molecule has 4 heteroatoms.